The first kappa shape index (κ1) is 19.9. The molecule has 0 bridgehead atoms. The molecule has 1 aliphatic heterocycles. The maximum absolute atomic E-state index is 13.8. The van der Waals surface area contributed by atoms with Crippen molar-refractivity contribution in [3.05, 3.63) is 34.6 Å². The molecule has 0 saturated carbocycles. The van der Waals surface area contributed by atoms with Crippen LogP contribution >= 0.6 is 11.6 Å². The van der Waals surface area contributed by atoms with E-state index in [1.54, 1.807) is 0 Å². The molecule has 1 aromatic rings. The lowest BCUT2D eigenvalue weighted by atomic mass is 9.90. The van der Waals surface area contributed by atoms with Crippen molar-refractivity contribution in [3.63, 3.8) is 0 Å². The molecule has 1 aromatic carbocycles. The van der Waals surface area contributed by atoms with Gasteiger partial charge >= 0.3 is 6.09 Å². The summed E-state index contributed by atoms with van der Waals surface area (Å²) in [5.41, 5.74) is -1.73. The number of rotatable bonds is 4. The zero-order valence-corrected chi connectivity index (χ0v) is 14.8. The fourth-order valence-corrected chi connectivity index (χ4v) is 3.21. The van der Waals surface area contributed by atoms with Crippen LogP contribution in [0.3, 0.4) is 0 Å². The molecule has 1 fully saturated rings. The second-order valence-corrected chi connectivity index (χ2v) is 8.07. The Morgan fingerprint density at radius 2 is 2.24 bits per heavy atom. The fourth-order valence-electron chi connectivity index (χ4n) is 2.58. The van der Waals surface area contributed by atoms with E-state index in [1.807, 2.05) is 0 Å². The summed E-state index contributed by atoms with van der Waals surface area (Å²) in [6.07, 6.45) is -1.54. The summed E-state index contributed by atoms with van der Waals surface area (Å²) in [6.45, 7) is -1.00. The fraction of sp³-hybridized carbons (Fsp3) is 0.500. The van der Waals surface area contributed by atoms with Gasteiger partial charge in [-0.25, -0.2) is 22.3 Å². The summed E-state index contributed by atoms with van der Waals surface area (Å²) in [7, 11) is -3.66. The predicted molar refractivity (Wildman–Crippen MR) is 87.5 cm³/mol. The third kappa shape index (κ3) is 5.02. The molecule has 2 unspecified atom stereocenters. The summed E-state index contributed by atoms with van der Waals surface area (Å²) in [6, 6.07) is 3.77. The summed E-state index contributed by atoms with van der Waals surface area (Å²) < 4.78 is 44.3. The Hall–Kier alpha value is -1.46. The van der Waals surface area contributed by atoms with Gasteiger partial charge in [-0.3, -0.25) is 0 Å². The first-order chi connectivity index (χ1) is 11.5. The lowest BCUT2D eigenvalue weighted by Crippen LogP contribution is -2.54. The van der Waals surface area contributed by atoms with Crippen molar-refractivity contribution in [2.75, 3.05) is 32.5 Å². The van der Waals surface area contributed by atoms with Crippen molar-refractivity contribution in [2.24, 2.45) is 0 Å². The van der Waals surface area contributed by atoms with Crippen molar-refractivity contribution in [3.8, 4) is 0 Å². The standard InChI is InChI=1S/C14H18ClFN2O6S/c1-25(22,23)17-7-14(21)8-18(13(19)20)4-5-24-12(14)9-2-3-10(15)11(16)6-9/h2-3,6,12,17,21H,4-5,7-8H2,1H3,(H,19,20). The van der Waals surface area contributed by atoms with Gasteiger partial charge in [0.05, 0.1) is 24.4 Å². The first-order valence-electron chi connectivity index (χ1n) is 7.23. The van der Waals surface area contributed by atoms with E-state index in [1.165, 1.54) is 12.1 Å². The number of hydrogen-bond donors (Lipinski definition) is 3. The van der Waals surface area contributed by atoms with Crippen molar-refractivity contribution >= 4 is 27.7 Å². The van der Waals surface area contributed by atoms with Crippen molar-refractivity contribution in [2.45, 2.75) is 11.7 Å². The van der Waals surface area contributed by atoms with Gasteiger partial charge in [0.25, 0.3) is 0 Å². The summed E-state index contributed by atoms with van der Waals surface area (Å²) >= 11 is 5.65. The van der Waals surface area contributed by atoms with Crippen LogP contribution in [0.25, 0.3) is 0 Å². The number of nitrogens with zero attached hydrogens (tertiary/aromatic N) is 1. The lowest BCUT2D eigenvalue weighted by Gasteiger charge is -2.36. The number of halogens is 2. The van der Waals surface area contributed by atoms with Crippen LogP contribution in [0.2, 0.25) is 5.02 Å². The molecule has 0 aliphatic carbocycles. The number of carboxylic acid groups (broad SMARTS) is 1. The van der Waals surface area contributed by atoms with Crippen LogP contribution in [0.5, 0.6) is 0 Å². The van der Waals surface area contributed by atoms with Crippen molar-refractivity contribution in [1.82, 2.24) is 9.62 Å². The van der Waals surface area contributed by atoms with E-state index in [-0.39, 0.29) is 23.7 Å². The average molecular weight is 397 g/mol. The van der Waals surface area contributed by atoms with E-state index in [2.05, 4.69) is 4.72 Å². The quantitative estimate of drug-likeness (QED) is 0.693. The van der Waals surface area contributed by atoms with Crippen LogP contribution in [0.15, 0.2) is 18.2 Å². The van der Waals surface area contributed by atoms with Crippen molar-refractivity contribution in [1.29, 1.82) is 0 Å². The van der Waals surface area contributed by atoms with Crippen molar-refractivity contribution < 1.29 is 32.6 Å². The number of aliphatic hydroxyl groups is 1. The number of amides is 1. The maximum Gasteiger partial charge on any atom is 0.407 e. The van der Waals surface area contributed by atoms with Gasteiger partial charge in [-0.05, 0) is 17.7 Å². The highest BCUT2D eigenvalue weighted by Gasteiger charge is 2.44. The number of sulfonamides is 1. The van der Waals surface area contributed by atoms with Crippen LogP contribution in [-0.4, -0.2) is 67.7 Å². The molecule has 11 heteroatoms. The van der Waals surface area contributed by atoms with E-state index in [9.17, 15) is 27.8 Å². The molecule has 1 heterocycles. The van der Waals surface area contributed by atoms with Crippen LogP contribution in [0.1, 0.15) is 11.7 Å². The van der Waals surface area contributed by atoms with Gasteiger partial charge < -0.3 is 19.8 Å². The molecular formula is C14H18ClFN2O6S. The van der Waals surface area contributed by atoms with Gasteiger partial charge in [-0.2, -0.15) is 0 Å². The highest BCUT2D eigenvalue weighted by atomic mass is 35.5. The van der Waals surface area contributed by atoms with Gasteiger partial charge in [-0.1, -0.05) is 17.7 Å². The van der Waals surface area contributed by atoms with Gasteiger partial charge in [0.15, 0.2) is 0 Å². The average Bonchev–Trinajstić information content (AvgIpc) is 2.67. The summed E-state index contributed by atoms with van der Waals surface area (Å²) in [4.78, 5) is 12.2. The van der Waals surface area contributed by atoms with Gasteiger partial charge in [-0.15, -0.1) is 0 Å². The Labute approximate surface area is 149 Å². The topological polar surface area (TPSA) is 116 Å². The monoisotopic (exact) mass is 396 g/mol. The molecule has 0 spiro atoms. The SMILES string of the molecule is CS(=O)(=O)NCC1(O)CN(C(=O)O)CCOC1c1ccc(Cl)c(F)c1. The van der Waals surface area contributed by atoms with Gasteiger partial charge in [0, 0.05) is 13.1 Å². The van der Waals surface area contributed by atoms with E-state index in [4.69, 9.17) is 16.3 Å². The molecule has 2 atom stereocenters. The second kappa shape index (κ2) is 7.42. The first-order valence-corrected chi connectivity index (χ1v) is 9.50. The lowest BCUT2D eigenvalue weighted by molar-refractivity contribution is -0.0948. The number of nitrogens with one attached hydrogen (secondary N) is 1. The molecular weight excluding hydrogens is 379 g/mol. The Balaban J connectivity index is 2.41. The molecule has 3 N–H and O–H groups in total. The Kier molecular flexibility index (Phi) is 5.89. The van der Waals surface area contributed by atoms with Crippen LogP contribution in [-0.2, 0) is 14.8 Å². The third-order valence-corrected chi connectivity index (χ3v) is 4.73. The van der Waals surface area contributed by atoms with E-state index >= 15 is 0 Å². The zero-order valence-electron chi connectivity index (χ0n) is 13.3. The minimum absolute atomic E-state index is 0.0247. The Bertz CT molecular complexity index is 762. The minimum Gasteiger partial charge on any atom is -0.465 e. The molecule has 8 nitrogen and oxygen atoms in total. The zero-order chi connectivity index (χ0) is 18.8. The molecule has 2 rings (SSSR count). The Morgan fingerprint density at radius 3 is 2.80 bits per heavy atom. The second-order valence-electron chi connectivity index (χ2n) is 5.83. The number of ether oxygens (including phenoxy) is 1. The van der Waals surface area contributed by atoms with E-state index < -0.39 is 46.7 Å². The van der Waals surface area contributed by atoms with Gasteiger partial charge in [0.2, 0.25) is 10.0 Å². The Morgan fingerprint density at radius 1 is 1.56 bits per heavy atom. The molecule has 1 saturated heterocycles. The highest BCUT2D eigenvalue weighted by Crippen LogP contribution is 2.34. The largest absolute Gasteiger partial charge is 0.465 e. The van der Waals surface area contributed by atoms with Crippen LogP contribution in [0.4, 0.5) is 9.18 Å². The summed E-state index contributed by atoms with van der Waals surface area (Å²) in [5, 5.41) is 20.1. The number of hydrogen-bond acceptors (Lipinski definition) is 5. The smallest absolute Gasteiger partial charge is 0.407 e. The van der Waals surface area contributed by atoms with E-state index in [0.29, 0.717) is 0 Å². The van der Waals surface area contributed by atoms with E-state index in [0.717, 1.165) is 17.2 Å². The molecule has 140 valence electrons. The molecule has 0 radical (unpaired) electrons. The third-order valence-electron chi connectivity index (χ3n) is 3.76. The maximum atomic E-state index is 13.8. The van der Waals surface area contributed by atoms with Crippen LogP contribution < -0.4 is 4.72 Å². The number of β-amino-alcohol motifs (C(OH)–C–C–N with tert-alkyl or cyclic N) is 1. The normalized spacial score (nSPS) is 24.8. The molecule has 1 amide bonds. The number of benzene rings is 1. The minimum atomic E-state index is -3.66. The highest BCUT2D eigenvalue weighted by molar-refractivity contribution is 7.88. The molecule has 25 heavy (non-hydrogen) atoms. The molecule has 1 aliphatic rings. The molecule has 0 aromatic heterocycles. The predicted octanol–water partition coefficient (Wildman–Crippen LogP) is 0.811. The van der Waals surface area contributed by atoms with Crippen LogP contribution in [0, 0.1) is 5.82 Å². The summed E-state index contributed by atoms with van der Waals surface area (Å²) in [5.74, 6) is -0.736. The van der Waals surface area contributed by atoms with Gasteiger partial charge in [0.1, 0.15) is 17.5 Å². The number of carbonyl (C=O) groups is 1.